The van der Waals surface area contributed by atoms with Crippen LogP contribution in [0.1, 0.15) is 71.9 Å². The number of epoxide rings is 1. The number of carbonyl (C=O) groups excluding carboxylic acids is 4. The first kappa shape index (κ1) is 36.4. The molecule has 0 saturated carbocycles. The third-order valence-corrected chi connectivity index (χ3v) is 10.5. The van der Waals surface area contributed by atoms with Crippen LogP contribution in [-0.4, -0.2) is 83.7 Å². The number of aliphatic hydroxyl groups is 1. The fraction of sp³-hybridized carbons (Fsp3) is 0.600. The van der Waals surface area contributed by atoms with Gasteiger partial charge in [-0.2, -0.15) is 0 Å². The van der Waals surface area contributed by atoms with Crippen molar-refractivity contribution < 1.29 is 38.5 Å². The molecule has 2 saturated heterocycles. The molecule has 3 aliphatic heterocycles. The normalized spacial score (nSPS) is 33.7. The zero-order valence-corrected chi connectivity index (χ0v) is 29.5. The predicted molar refractivity (Wildman–Crippen MR) is 178 cm³/mol. The number of hydrogen-bond acceptors (Lipinski definition) is 8. The van der Waals surface area contributed by atoms with E-state index in [1.54, 1.807) is 27.8 Å². The second-order valence-electron chi connectivity index (χ2n) is 13.5. The van der Waals surface area contributed by atoms with Gasteiger partial charge in [0.25, 0.3) is 0 Å². The predicted octanol–water partition coefficient (Wildman–Crippen LogP) is 4.85. The molecule has 3 amide bonds. The minimum absolute atomic E-state index is 0.0841. The monoisotopic (exact) mass is 673 g/mol. The van der Waals surface area contributed by atoms with Crippen molar-refractivity contribution in [2.45, 2.75) is 110 Å². The van der Waals surface area contributed by atoms with Crippen LogP contribution >= 0.6 is 11.6 Å². The lowest BCUT2D eigenvalue weighted by Gasteiger charge is -2.41. The lowest BCUT2D eigenvalue weighted by atomic mass is 9.82. The van der Waals surface area contributed by atoms with Gasteiger partial charge in [-0.1, -0.05) is 62.2 Å². The van der Waals surface area contributed by atoms with E-state index in [4.69, 9.17) is 25.8 Å². The number of ether oxygens (including phenoxy) is 3. The van der Waals surface area contributed by atoms with Gasteiger partial charge in [0.2, 0.25) is 11.8 Å². The number of nitrogens with one attached hydrogen (secondary N) is 1. The number of carbonyl (C=O) groups is 4. The SMILES string of the molecule is CCC(=O)N(C)[C@@H](C)C(=O)OC1CC(=O)N(C)c2cc(cc(C)c2Cl)C/C(C)=C/C=C/C(C)C2(O)CC(OC(=O)N2)C(C)C2OC12C. The fourth-order valence-electron chi connectivity index (χ4n) is 6.41. The highest BCUT2D eigenvalue weighted by atomic mass is 35.5. The van der Waals surface area contributed by atoms with E-state index in [0.717, 1.165) is 16.7 Å². The molecule has 0 radical (unpaired) electrons. The molecular weight excluding hydrogens is 626 g/mol. The van der Waals surface area contributed by atoms with Crippen LogP contribution in [0.15, 0.2) is 35.9 Å². The van der Waals surface area contributed by atoms with Crippen LogP contribution < -0.4 is 10.2 Å². The first-order chi connectivity index (χ1) is 21.9. The number of rotatable bonds is 4. The van der Waals surface area contributed by atoms with Crippen molar-refractivity contribution in [2.75, 3.05) is 19.0 Å². The van der Waals surface area contributed by atoms with E-state index >= 15 is 0 Å². The highest BCUT2D eigenvalue weighted by Crippen LogP contribution is 2.49. The molecule has 7 unspecified atom stereocenters. The van der Waals surface area contributed by atoms with Gasteiger partial charge < -0.3 is 29.1 Å². The molecule has 11 nitrogen and oxygen atoms in total. The number of benzene rings is 1. The summed E-state index contributed by atoms with van der Waals surface area (Å²) in [4.78, 5) is 55.2. The van der Waals surface area contributed by atoms with Crippen molar-refractivity contribution in [1.82, 2.24) is 10.2 Å². The number of anilines is 1. The molecule has 0 aromatic heterocycles. The molecule has 2 fully saturated rings. The molecule has 0 spiro atoms. The summed E-state index contributed by atoms with van der Waals surface area (Å²) in [6.45, 7) is 12.5. The number of halogens is 1. The standard InChI is InChI=1S/C35H48ClN3O8/c1-10-28(40)38(8)23(6)32(42)46-27-17-29(41)39(9)25-16-24(15-20(3)30(25)36)14-19(2)12-11-13-21(4)35(44)18-26(45-33(43)37-35)22(5)31-34(27,7)47-31/h11-13,15-16,21-23,26-27,31,44H,10,14,17-18H2,1-9H3,(H,37,43)/b13-11+,19-12+/t21?,22?,23-,26?,27?,31?,34?,35?/m0/s1. The summed E-state index contributed by atoms with van der Waals surface area (Å²) in [6, 6.07) is 2.94. The quantitative estimate of drug-likeness (QED) is 0.342. The smallest absolute Gasteiger partial charge is 0.409 e. The highest BCUT2D eigenvalue weighted by Gasteiger charge is 2.64. The molecule has 1 aromatic rings. The first-order valence-electron chi connectivity index (χ1n) is 16.2. The topological polar surface area (TPSA) is 138 Å². The van der Waals surface area contributed by atoms with Crippen molar-refractivity contribution >= 4 is 41.2 Å². The minimum atomic E-state index is -1.58. The Morgan fingerprint density at radius 2 is 1.94 bits per heavy atom. The molecular formula is C35H48ClN3O8. The third-order valence-electron chi connectivity index (χ3n) is 9.96. The van der Waals surface area contributed by atoms with Crippen LogP contribution in [-0.2, 0) is 35.0 Å². The van der Waals surface area contributed by atoms with Gasteiger partial charge in [0.1, 0.15) is 29.6 Å². The van der Waals surface area contributed by atoms with Gasteiger partial charge in [0.15, 0.2) is 0 Å². The van der Waals surface area contributed by atoms with Crippen molar-refractivity contribution in [2.24, 2.45) is 11.8 Å². The minimum Gasteiger partial charge on any atom is -0.457 e. The Balaban J connectivity index is 1.76. The van der Waals surface area contributed by atoms with Crippen molar-refractivity contribution in [1.29, 1.82) is 0 Å². The Morgan fingerprint density at radius 3 is 2.60 bits per heavy atom. The lowest BCUT2D eigenvalue weighted by molar-refractivity contribution is -0.161. The molecule has 2 N–H and O–H groups in total. The number of aryl methyl sites for hydroxylation is 1. The van der Waals surface area contributed by atoms with Crippen molar-refractivity contribution in [3.05, 3.63) is 52.1 Å². The number of alkyl carbamates (subject to hydrolysis) is 1. The third kappa shape index (κ3) is 7.68. The van der Waals surface area contributed by atoms with E-state index in [1.165, 1.54) is 16.8 Å². The van der Waals surface area contributed by atoms with Gasteiger partial charge in [0.05, 0.1) is 23.2 Å². The number of fused-ring (bicyclic) bond motifs is 5. The average molecular weight is 674 g/mol. The number of esters is 1. The molecule has 258 valence electrons. The van der Waals surface area contributed by atoms with Crippen LogP contribution in [0.4, 0.5) is 10.5 Å². The Kier molecular flexibility index (Phi) is 10.8. The largest absolute Gasteiger partial charge is 0.457 e. The van der Waals surface area contributed by atoms with Crippen molar-refractivity contribution in [3.63, 3.8) is 0 Å². The van der Waals surface area contributed by atoms with Gasteiger partial charge in [-0.3, -0.25) is 14.9 Å². The average Bonchev–Trinajstić information content (AvgIpc) is 3.71. The van der Waals surface area contributed by atoms with Crippen LogP contribution in [0.25, 0.3) is 0 Å². The Labute approximate surface area is 282 Å². The van der Waals surface area contributed by atoms with E-state index in [1.807, 2.05) is 58.1 Å². The molecule has 8 atom stereocenters. The van der Waals surface area contributed by atoms with Gasteiger partial charge >= 0.3 is 12.1 Å². The summed E-state index contributed by atoms with van der Waals surface area (Å²) in [6.07, 6.45) is 3.15. The maximum absolute atomic E-state index is 13.9. The molecule has 4 rings (SSSR count). The summed E-state index contributed by atoms with van der Waals surface area (Å²) < 4.78 is 17.9. The van der Waals surface area contributed by atoms with E-state index in [-0.39, 0.29) is 31.1 Å². The summed E-state index contributed by atoms with van der Waals surface area (Å²) in [5.74, 6) is -2.18. The van der Waals surface area contributed by atoms with Gasteiger partial charge in [-0.15, -0.1) is 0 Å². The zero-order chi connectivity index (χ0) is 35.0. The maximum Gasteiger partial charge on any atom is 0.409 e. The molecule has 4 bridgehead atoms. The van der Waals surface area contributed by atoms with Crippen LogP contribution in [0.3, 0.4) is 0 Å². The zero-order valence-electron chi connectivity index (χ0n) is 28.8. The molecule has 47 heavy (non-hydrogen) atoms. The molecule has 12 heteroatoms. The maximum atomic E-state index is 13.9. The van der Waals surface area contributed by atoms with Crippen LogP contribution in [0.2, 0.25) is 5.02 Å². The molecule has 3 aliphatic rings. The summed E-state index contributed by atoms with van der Waals surface area (Å²) >= 11 is 6.73. The van der Waals surface area contributed by atoms with E-state index in [0.29, 0.717) is 17.1 Å². The number of allylic oxidation sites excluding steroid dienone is 3. The summed E-state index contributed by atoms with van der Waals surface area (Å²) in [7, 11) is 3.16. The number of amides is 3. The molecule has 3 heterocycles. The van der Waals surface area contributed by atoms with Gasteiger partial charge in [-0.05, 0) is 51.3 Å². The van der Waals surface area contributed by atoms with Crippen LogP contribution in [0.5, 0.6) is 0 Å². The summed E-state index contributed by atoms with van der Waals surface area (Å²) in [5, 5.41) is 14.6. The van der Waals surface area contributed by atoms with E-state index in [9.17, 15) is 24.3 Å². The number of hydrogen-bond donors (Lipinski definition) is 2. The molecule has 1 aromatic carbocycles. The second-order valence-corrected chi connectivity index (χ2v) is 13.9. The number of likely N-dealkylation sites (N-methyl/N-ethyl adjacent to an activating group) is 1. The first-order valence-corrected chi connectivity index (χ1v) is 16.5. The second kappa shape index (κ2) is 14.0. The van der Waals surface area contributed by atoms with Crippen molar-refractivity contribution in [3.8, 4) is 0 Å². The Hall–Kier alpha value is -3.41. The Morgan fingerprint density at radius 1 is 1.26 bits per heavy atom. The number of nitrogens with zero attached hydrogens (tertiary/aromatic N) is 2. The van der Waals surface area contributed by atoms with E-state index in [2.05, 4.69) is 5.32 Å². The summed E-state index contributed by atoms with van der Waals surface area (Å²) in [5.41, 5.74) is 0.581. The highest BCUT2D eigenvalue weighted by molar-refractivity contribution is 6.34. The van der Waals surface area contributed by atoms with E-state index < -0.39 is 59.6 Å². The molecule has 0 aliphatic carbocycles. The van der Waals surface area contributed by atoms with Gasteiger partial charge in [-0.25, -0.2) is 9.59 Å². The van der Waals surface area contributed by atoms with Gasteiger partial charge in [0, 0.05) is 38.8 Å². The lowest BCUT2D eigenvalue weighted by Crippen LogP contribution is -2.60. The van der Waals surface area contributed by atoms with Crippen LogP contribution in [0, 0.1) is 18.8 Å². The Bertz CT molecular complexity index is 1480. The fourth-order valence-corrected chi connectivity index (χ4v) is 6.65.